The van der Waals surface area contributed by atoms with E-state index in [2.05, 4.69) is 0 Å². The summed E-state index contributed by atoms with van der Waals surface area (Å²) in [7, 11) is -1.33. The summed E-state index contributed by atoms with van der Waals surface area (Å²) in [4.78, 5) is 0. The molecule has 0 N–H and O–H groups in total. The van der Waals surface area contributed by atoms with Crippen LogP contribution < -0.4 is 0 Å². The lowest BCUT2D eigenvalue weighted by molar-refractivity contribution is 0.307. The van der Waals surface area contributed by atoms with Crippen molar-refractivity contribution in [3.63, 3.8) is 0 Å². The minimum absolute atomic E-state index is 0.446. The number of halogens is 1. The molecule has 0 fully saturated rings. The molecular weight excluding hydrogens is 156 g/mol. The van der Waals surface area contributed by atoms with Crippen LogP contribution in [0.15, 0.2) is 0 Å². The largest absolute Gasteiger partial charge is 0.332 e. The van der Waals surface area contributed by atoms with E-state index in [1.165, 1.54) is 0 Å². The van der Waals surface area contributed by atoms with E-state index in [4.69, 9.17) is 21.0 Å². The number of hydrogen-bond acceptors (Lipinski definition) is 2. The Morgan fingerprint density at radius 1 is 1.78 bits per heavy atom. The molecule has 0 radical (unpaired) electrons. The molecule has 0 rings (SSSR count). The van der Waals surface area contributed by atoms with Gasteiger partial charge in [-0.25, -0.2) is 0 Å². The van der Waals surface area contributed by atoms with Crippen LogP contribution in [-0.4, -0.2) is 6.61 Å². The molecule has 0 heterocycles. The maximum atomic E-state index is 8.17. The van der Waals surface area contributed by atoms with Gasteiger partial charge in [0.05, 0.1) is 6.61 Å². The van der Waals surface area contributed by atoms with Gasteiger partial charge in [-0.3, -0.25) is 0 Å². The van der Waals surface area contributed by atoms with Crippen LogP contribution in [0.25, 0.3) is 0 Å². The first-order valence-electron chi connectivity index (χ1n) is 2.65. The first-order chi connectivity index (χ1) is 4.16. The predicted octanol–water partition coefficient (Wildman–Crippen LogP) is 2.69. The lowest BCUT2D eigenvalue weighted by Gasteiger charge is -2.04. The molecule has 0 aromatic rings. The van der Waals surface area contributed by atoms with Gasteiger partial charge >= 0.3 is 0 Å². The molecule has 0 aromatic carbocycles. The SMILES string of the molecule is CC(C)COP(Cl)C#N. The predicted molar refractivity (Wildman–Crippen MR) is 39.2 cm³/mol. The summed E-state index contributed by atoms with van der Waals surface area (Å²) in [6.07, 6.45) is 0. The van der Waals surface area contributed by atoms with Gasteiger partial charge in [0, 0.05) is 0 Å². The molecule has 0 aliphatic heterocycles. The fraction of sp³-hybridized carbons (Fsp3) is 0.800. The Labute approximate surface area is 61.4 Å². The molecule has 1 unspecified atom stereocenters. The van der Waals surface area contributed by atoms with Crippen LogP contribution in [0.3, 0.4) is 0 Å². The zero-order valence-electron chi connectivity index (χ0n) is 5.47. The maximum absolute atomic E-state index is 8.17. The van der Waals surface area contributed by atoms with Crippen molar-refractivity contribution >= 4 is 18.7 Å². The van der Waals surface area contributed by atoms with Gasteiger partial charge < -0.3 is 4.52 Å². The Morgan fingerprint density at radius 2 is 2.33 bits per heavy atom. The quantitative estimate of drug-likeness (QED) is 0.603. The third-order valence-corrected chi connectivity index (χ3v) is 1.65. The average Bonchev–Trinajstić information content (AvgIpc) is 1.83. The molecule has 0 aromatic heterocycles. The molecule has 0 saturated heterocycles. The zero-order valence-corrected chi connectivity index (χ0v) is 7.12. The second-order valence-electron chi connectivity index (χ2n) is 2.03. The van der Waals surface area contributed by atoms with Crippen LogP contribution in [0.2, 0.25) is 0 Å². The lowest BCUT2D eigenvalue weighted by atomic mass is 10.2. The normalized spacial score (nSPS) is 13.2. The molecule has 52 valence electrons. The van der Waals surface area contributed by atoms with Crippen molar-refractivity contribution in [2.75, 3.05) is 6.61 Å². The maximum Gasteiger partial charge on any atom is 0.235 e. The van der Waals surface area contributed by atoms with Gasteiger partial charge in [0.2, 0.25) is 7.50 Å². The molecule has 0 bridgehead atoms. The van der Waals surface area contributed by atoms with Crippen LogP contribution >= 0.6 is 18.7 Å². The Balaban J connectivity index is 3.19. The summed E-state index contributed by atoms with van der Waals surface area (Å²) < 4.78 is 4.92. The Morgan fingerprint density at radius 3 is 2.67 bits per heavy atom. The molecule has 0 saturated carbocycles. The molecule has 4 heteroatoms. The minimum atomic E-state index is -1.33. The van der Waals surface area contributed by atoms with E-state index in [9.17, 15) is 0 Å². The van der Waals surface area contributed by atoms with E-state index in [1.807, 2.05) is 19.7 Å². The number of hydrogen-bond donors (Lipinski definition) is 0. The van der Waals surface area contributed by atoms with E-state index in [0.29, 0.717) is 12.5 Å². The molecule has 0 aliphatic rings. The highest BCUT2D eigenvalue weighted by molar-refractivity contribution is 7.83. The number of rotatable bonds is 3. The van der Waals surface area contributed by atoms with Crippen LogP contribution in [-0.2, 0) is 4.52 Å². The first kappa shape index (κ1) is 9.17. The highest BCUT2D eigenvalue weighted by Crippen LogP contribution is 2.40. The summed E-state index contributed by atoms with van der Waals surface area (Å²) in [5.41, 5.74) is 0. The smallest absolute Gasteiger partial charge is 0.235 e. The standard InChI is InChI=1S/C5H9ClNOP/c1-5(2)3-8-9(6)4-7/h5H,3H2,1-2H3. The Hall–Kier alpha value is 0.170. The molecular formula is C5H9ClNOP. The summed E-state index contributed by atoms with van der Waals surface area (Å²) in [6.45, 7) is 4.59. The van der Waals surface area contributed by atoms with Gasteiger partial charge in [-0.05, 0) is 17.2 Å². The van der Waals surface area contributed by atoms with Crippen LogP contribution in [0, 0.1) is 17.0 Å². The van der Waals surface area contributed by atoms with Crippen LogP contribution in [0.4, 0.5) is 0 Å². The first-order valence-corrected chi connectivity index (χ1v) is 4.82. The fourth-order valence-electron chi connectivity index (χ4n) is 0.243. The Kier molecular flexibility index (Phi) is 5.09. The van der Waals surface area contributed by atoms with Gasteiger partial charge in [0.15, 0.2) is 0 Å². The van der Waals surface area contributed by atoms with E-state index >= 15 is 0 Å². The summed E-state index contributed by atoms with van der Waals surface area (Å²) >= 11 is 5.39. The molecule has 2 nitrogen and oxygen atoms in total. The molecule has 9 heavy (non-hydrogen) atoms. The van der Waals surface area contributed by atoms with Crippen molar-refractivity contribution in [2.24, 2.45) is 5.92 Å². The number of nitriles is 1. The molecule has 1 atom stereocenters. The van der Waals surface area contributed by atoms with Gasteiger partial charge in [-0.2, -0.15) is 5.26 Å². The van der Waals surface area contributed by atoms with Crippen molar-refractivity contribution in [3.8, 4) is 5.81 Å². The molecule has 0 amide bonds. The van der Waals surface area contributed by atoms with Crippen molar-refractivity contribution in [1.29, 1.82) is 5.26 Å². The average molecular weight is 166 g/mol. The van der Waals surface area contributed by atoms with Crippen molar-refractivity contribution in [3.05, 3.63) is 0 Å². The van der Waals surface area contributed by atoms with Crippen LogP contribution in [0.5, 0.6) is 0 Å². The van der Waals surface area contributed by atoms with E-state index < -0.39 is 7.50 Å². The highest BCUT2D eigenvalue weighted by Gasteiger charge is 2.02. The third kappa shape index (κ3) is 6.05. The minimum Gasteiger partial charge on any atom is -0.332 e. The highest BCUT2D eigenvalue weighted by atomic mass is 35.7. The van der Waals surface area contributed by atoms with Gasteiger partial charge in [-0.15, -0.1) is 0 Å². The summed E-state index contributed by atoms with van der Waals surface area (Å²) in [6, 6.07) is 0. The van der Waals surface area contributed by atoms with Gasteiger partial charge in [0.1, 0.15) is 5.81 Å². The number of nitrogens with zero attached hydrogens (tertiary/aromatic N) is 1. The zero-order chi connectivity index (χ0) is 7.28. The molecule has 0 aliphatic carbocycles. The molecule has 0 spiro atoms. The lowest BCUT2D eigenvalue weighted by Crippen LogP contribution is -1.95. The van der Waals surface area contributed by atoms with E-state index in [1.54, 1.807) is 0 Å². The Bertz CT molecular complexity index is 112. The second-order valence-corrected chi connectivity index (χ2v) is 3.90. The summed E-state index contributed by atoms with van der Waals surface area (Å²) in [5, 5.41) is 8.17. The third-order valence-electron chi connectivity index (χ3n) is 0.600. The topological polar surface area (TPSA) is 33.0 Å². The van der Waals surface area contributed by atoms with Crippen molar-refractivity contribution < 1.29 is 4.52 Å². The van der Waals surface area contributed by atoms with Gasteiger partial charge in [-0.1, -0.05) is 13.8 Å². The van der Waals surface area contributed by atoms with Crippen molar-refractivity contribution in [2.45, 2.75) is 13.8 Å². The van der Waals surface area contributed by atoms with Gasteiger partial charge in [0.25, 0.3) is 0 Å². The monoisotopic (exact) mass is 165 g/mol. The van der Waals surface area contributed by atoms with E-state index in [0.717, 1.165) is 0 Å². The van der Waals surface area contributed by atoms with Crippen molar-refractivity contribution in [1.82, 2.24) is 0 Å². The second kappa shape index (κ2) is 4.99. The summed E-state index contributed by atoms with van der Waals surface area (Å²) in [5.74, 6) is 2.27. The fourth-order valence-corrected chi connectivity index (χ4v) is 0.899. The van der Waals surface area contributed by atoms with Crippen LogP contribution in [0.1, 0.15) is 13.8 Å². The van der Waals surface area contributed by atoms with E-state index in [-0.39, 0.29) is 0 Å².